The number of aliphatic carboxylic acids is 1. The van der Waals surface area contributed by atoms with Crippen molar-refractivity contribution >= 4 is 23.3 Å². The number of nitrogens with zero attached hydrogens (tertiary/aromatic N) is 2. The molecule has 0 atom stereocenters. The first-order valence-corrected chi connectivity index (χ1v) is 8.05. The number of carboxylic acids is 1. The predicted molar refractivity (Wildman–Crippen MR) is 93.4 cm³/mol. The molecule has 3 rings (SSSR count). The monoisotopic (exact) mass is 324 g/mol. The lowest BCUT2D eigenvalue weighted by molar-refractivity contribution is -0.135. The Hall–Kier alpha value is -2.82. The normalized spacial score (nSPS) is 13.2. The second kappa shape index (κ2) is 7.17. The topological polar surface area (TPSA) is 60.9 Å². The number of rotatable bonds is 5. The SMILES string of the molecule is O=C(O)CN(CC(=O)N1CCCc2ccccc21)c1ccccc1. The van der Waals surface area contributed by atoms with E-state index in [1.807, 2.05) is 54.6 Å². The van der Waals surface area contributed by atoms with Crippen LogP contribution in [0, 0.1) is 0 Å². The third-order valence-electron chi connectivity index (χ3n) is 4.18. The van der Waals surface area contributed by atoms with Gasteiger partial charge in [0, 0.05) is 17.9 Å². The standard InChI is InChI=1S/C19H20N2O3/c22-18(21-12-6-8-15-7-4-5-11-17(15)21)13-20(14-19(23)24)16-9-2-1-3-10-16/h1-5,7,9-11H,6,8,12-14H2,(H,23,24). The van der Waals surface area contributed by atoms with Gasteiger partial charge in [-0.1, -0.05) is 36.4 Å². The minimum Gasteiger partial charge on any atom is -0.480 e. The van der Waals surface area contributed by atoms with Crippen LogP contribution < -0.4 is 9.80 Å². The van der Waals surface area contributed by atoms with Crippen LogP contribution in [0.5, 0.6) is 0 Å². The Morgan fingerprint density at radius 1 is 1.00 bits per heavy atom. The maximum absolute atomic E-state index is 12.8. The van der Waals surface area contributed by atoms with Crippen molar-refractivity contribution in [3.8, 4) is 0 Å². The van der Waals surface area contributed by atoms with Gasteiger partial charge in [-0.15, -0.1) is 0 Å². The van der Waals surface area contributed by atoms with Crippen LogP contribution in [0.4, 0.5) is 11.4 Å². The Bertz CT molecular complexity index is 730. The molecule has 0 fully saturated rings. The average Bonchev–Trinajstić information content (AvgIpc) is 2.61. The molecule has 1 heterocycles. The molecule has 0 bridgehead atoms. The van der Waals surface area contributed by atoms with Crippen LogP contribution in [-0.2, 0) is 16.0 Å². The number of benzene rings is 2. The van der Waals surface area contributed by atoms with Gasteiger partial charge in [-0.25, -0.2) is 0 Å². The Kier molecular flexibility index (Phi) is 4.79. The van der Waals surface area contributed by atoms with E-state index >= 15 is 0 Å². The minimum absolute atomic E-state index is 0.0463. The first-order chi connectivity index (χ1) is 11.6. The number of carbonyl (C=O) groups is 2. The molecule has 2 aromatic rings. The van der Waals surface area contributed by atoms with Crippen molar-refractivity contribution in [2.45, 2.75) is 12.8 Å². The number of anilines is 2. The lowest BCUT2D eigenvalue weighted by atomic mass is 10.0. The molecule has 1 amide bonds. The van der Waals surface area contributed by atoms with Crippen LogP contribution in [0.3, 0.4) is 0 Å². The summed E-state index contributed by atoms with van der Waals surface area (Å²) in [6.07, 6.45) is 1.89. The molecule has 5 heteroatoms. The Morgan fingerprint density at radius 2 is 1.71 bits per heavy atom. The zero-order valence-corrected chi connectivity index (χ0v) is 13.4. The van der Waals surface area contributed by atoms with E-state index in [4.69, 9.17) is 5.11 Å². The molecule has 1 aliphatic heterocycles. The summed E-state index contributed by atoms with van der Waals surface area (Å²) >= 11 is 0. The highest BCUT2D eigenvalue weighted by Gasteiger charge is 2.24. The average molecular weight is 324 g/mol. The van der Waals surface area contributed by atoms with Gasteiger partial charge in [0.05, 0.1) is 6.54 Å². The fourth-order valence-corrected chi connectivity index (χ4v) is 3.08. The maximum atomic E-state index is 12.8. The quantitative estimate of drug-likeness (QED) is 0.918. The number of fused-ring (bicyclic) bond motifs is 1. The third-order valence-corrected chi connectivity index (χ3v) is 4.18. The summed E-state index contributed by atoms with van der Waals surface area (Å²) in [5.74, 6) is -1.03. The summed E-state index contributed by atoms with van der Waals surface area (Å²) < 4.78 is 0. The van der Waals surface area contributed by atoms with Crippen molar-refractivity contribution < 1.29 is 14.7 Å². The van der Waals surface area contributed by atoms with Gasteiger partial charge < -0.3 is 14.9 Å². The second-order valence-electron chi connectivity index (χ2n) is 5.86. The van der Waals surface area contributed by atoms with Gasteiger partial charge in [0.25, 0.3) is 0 Å². The van der Waals surface area contributed by atoms with Gasteiger partial charge in [0.15, 0.2) is 0 Å². The van der Waals surface area contributed by atoms with E-state index in [9.17, 15) is 9.59 Å². The number of aryl methyl sites for hydroxylation is 1. The number of carbonyl (C=O) groups excluding carboxylic acids is 1. The Morgan fingerprint density at radius 3 is 2.46 bits per heavy atom. The lowest BCUT2D eigenvalue weighted by Crippen LogP contribution is -2.44. The summed E-state index contributed by atoms with van der Waals surface area (Å²) in [5, 5.41) is 9.16. The van der Waals surface area contributed by atoms with Gasteiger partial charge in [0.1, 0.15) is 6.54 Å². The van der Waals surface area contributed by atoms with Crippen LogP contribution in [0.15, 0.2) is 54.6 Å². The summed E-state index contributed by atoms with van der Waals surface area (Å²) in [4.78, 5) is 27.4. The smallest absolute Gasteiger partial charge is 0.323 e. The van der Waals surface area contributed by atoms with Crippen LogP contribution >= 0.6 is 0 Å². The molecule has 0 unspecified atom stereocenters. The highest BCUT2D eigenvalue weighted by molar-refractivity contribution is 5.98. The Labute approximate surface area is 141 Å². The summed E-state index contributed by atoms with van der Waals surface area (Å²) in [7, 11) is 0. The highest BCUT2D eigenvalue weighted by atomic mass is 16.4. The van der Waals surface area contributed by atoms with E-state index in [0.29, 0.717) is 6.54 Å². The highest BCUT2D eigenvalue weighted by Crippen LogP contribution is 2.27. The first kappa shape index (κ1) is 16.1. The van der Waals surface area contributed by atoms with Crippen molar-refractivity contribution in [3.63, 3.8) is 0 Å². The predicted octanol–water partition coefficient (Wildman–Crippen LogP) is 2.56. The largest absolute Gasteiger partial charge is 0.480 e. The minimum atomic E-state index is -0.953. The molecule has 0 radical (unpaired) electrons. The van der Waals surface area contributed by atoms with E-state index in [0.717, 1.165) is 24.2 Å². The zero-order valence-electron chi connectivity index (χ0n) is 13.4. The number of hydrogen-bond donors (Lipinski definition) is 1. The first-order valence-electron chi connectivity index (χ1n) is 8.05. The van der Waals surface area contributed by atoms with Crippen LogP contribution in [-0.4, -0.2) is 36.6 Å². The molecule has 0 aliphatic carbocycles. The second-order valence-corrected chi connectivity index (χ2v) is 5.86. The fraction of sp³-hybridized carbons (Fsp3) is 0.263. The zero-order chi connectivity index (χ0) is 16.9. The van der Waals surface area contributed by atoms with Crippen LogP contribution in [0.2, 0.25) is 0 Å². The number of amides is 1. The van der Waals surface area contributed by atoms with Crippen molar-refractivity contribution in [1.29, 1.82) is 0 Å². The number of carboxylic acid groups (broad SMARTS) is 1. The van der Waals surface area contributed by atoms with Gasteiger partial charge >= 0.3 is 5.97 Å². The third kappa shape index (κ3) is 3.56. The molecule has 5 nitrogen and oxygen atoms in total. The van der Waals surface area contributed by atoms with Crippen molar-refractivity contribution in [2.24, 2.45) is 0 Å². The number of para-hydroxylation sites is 2. The van der Waals surface area contributed by atoms with Gasteiger partial charge in [-0.05, 0) is 36.6 Å². The van der Waals surface area contributed by atoms with Gasteiger partial charge in [0.2, 0.25) is 5.91 Å². The van der Waals surface area contributed by atoms with E-state index in [-0.39, 0.29) is 19.0 Å². The molecule has 2 aromatic carbocycles. The molecular formula is C19H20N2O3. The summed E-state index contributed by atoms with van der Waals surface area (Å²) in [6.45, 7) is 0.515. The lowest BCUT2D eigenvalue weighted by Gasteiger charge is -2.32. The molecule has 1 aliphatic rings. The van der Waals surface area contributed by atoms with Gasteiger partial charge in [-0.2, -0.15) is 0 Å². The molecular weight excluding hydrogens is 304 g/mol. The van der Waals surface area contributed by atoms with Crippen molar-refractivity contribution in [1.82, 2.24) is 0 Å². The van der Waals surface area contributed by atoms with Crippen molar-refractivity contribution in [3.05, 3.63) is 60.2 Å². The van der Waals surface area contributed by atoms with Crippen LogP contribution in [0.25, 0.3) is 0 Å². The summed E-state index contributed by atoms with van der Waals surface area (Å²) in [6, 6.07) is 17.1. The fourth-order valence-electron chi connectivity index (χ4n) is 3.08. The molecule has 0 aromatic heterocycles. The summed E-state index contributed by atoms with van der Waals surface area (Å²) in [5.41, 5.74) is 2.84. The van der Waals surface area contributed by atoms with E-state index in [2.05, 4.69) is 0 Å². The molecule has 24 heavy (non-hydrogen) atoms. The molecule has 124 valence electrons. The van der Waals surface area contributed by atoms with Gasteiger partial charge in [-0.3, -0.25) is 9.59 Å². The maximum Gasteiger partial charge on any atom is 0.323 e. The Balaban J connectivity index is 1.80. The van der Waals surface area contributed by atoms with E-state index in [1.165, 1.54) is 5.56 Å². The van der Waals surface area contributed by atoms with E-state index < -0.39 is 5.97 Å². The molecule has 0 saturated carbocycles. The van der Waals surface area contributed by atoms with E-state index in [1.54, 1.807) is 9.80 Å². The molecule has 0 spiro atoms. The van der Waals surface area contributed by atoms with Crippen LogP contribution in [0.1, 0.15) is 12.0 Å². The van der Waals surface area contributed by atoms with Crippen molar-refractivity contribution in [2.75, 3.05) is 29.4 Å². The number of hydrogen-bond acceptors (Lipinski definition) is 3. The molecule has 1 N–H and O–H groups in total. The molecule has 0 saturated heterocycles.